The Labute approximate surface area is 146 Å². The second-order valence-corrected chi connectivity index (χ2v) is 6.29. The van der Waals surface area contributed by atoms with Gasteiger partial charge in [0.1, 0.15) is 0 Å². The van der Waals surface area contributed by atoms with Crippen LogP contribution in [0.15, 0.2) is 51.6 Å². The number of carbonyl (C=O) groups excluding carboxylic acids is 1. The molecule has 0 spiro atoms. The number of aliphatic imine (C=N–C) groups is 1. The molecule has 0 amide bonds. The van der Waals surface area contributed by atoms with E-state index in [4.69, 9.17) is 14.2 Å². The Morgan fingerprint density at radius 1 is 1.17 bits per heavy atom. The lowest BCUT2D eigenvalue weighted by Gasteiger charge is -2.02. The highest BCUT2D eigenvalue weighted by molar-refractivity contribution is 9.10. The Bertz CT molecular complexity index is 917. The van der Waals surface area contributed by atoms with Gasteiger partial charge < -0.3 is 14.2 Å². The van der Waals surface area contributed by atoms with Gasteiger partial charge in [0.25, 0.3) is 0 Å². The number of ether oxygens (including phenoxy) is 3. The van der Waals surface area contributed by atoms with Gasteiger partial charge in [0.15, 0.2) is 17.2 Å². The Hall–Kier alpha value is -2.60. The van der Waals surface area contributed by atoms with Crippen molar-refractivity contribution in [3.05, 3.63) is 63.3 Å². The van der Waals surface area contributed by atoms with Gasteiger partial charge in [0, 0.05) is 10.0 Å². The maximum absolute atomic E-state index is 12.1. The minimum Gasteiger partial charge on any atom is -0.454 e. The number of carbonyl (C=O) groups is 1. The van der Waals surface area contributed by atoms with Crippen LogP contribution in [0.5, 0.6) is 11.5 Å². The third kappa shape index (κ3) is 2.69. The molecule has 0 saturated carbocycles. The van der Waals surface area contributed by atoms with E-state index in [0.717, 1.165) is 21.2 Å². The van der Waals surface area contributed by atoms with E-state index in [2.05, 4.69) is 20.9 Å². The summed E-state index contributed by atoms with van der Waals surface area (Å²) in [5, 5.41) is 0. The molecule has 0 aromatic heterocycles. The predicted octanol–water partition coefficient (Wildman–Crippen LogP) is 3.83. The molecule has 0 aliphatic carbocycles. The molecule has 24 heavy (non-hydrogen) atoms. The van der Waals surface area contributed by atoms with Gasteiger partial charge in [-0.05, 0) is 42.8 Å². The highest BCUT2D eigenvalue weighted by Gasteiger charge is 2.25. The van der Waals surface area contributed by atoms with Gasteiger partial charge in [0.05, 0.1) is 0 Å². The first kappa shape index (κ1) is 15.0. The van der Waals surface area contributed by atoms with Gasteiger partial charge in [0.2, 0.25) is 12.7 Å². The topological polar surface area (TPSA) is 57.1 Å². The highest BCUT2D eigenvalue weighted by Crippen LogP contribution is 2.38. The fourth-order valence-corrected chi connectivity index (χ4v) is 2.94. The smallest absolute Gasteiger partial charge is 0.363 e. The Balaban J connectivity index is 1.71. The predicted molar refractivity (Wildman–Crippen MR) is 92.1 cm³/mol. The molecule has 0 fully saturated rings. The number of rotatable bonds is 2. The lowest BCUT2D eigenvalue weighted by atomic mass is 10.1. The second-order valence-electron chi connectivity index (χ2n) is 5.43. The van der Waals surface area contributed by atoms with E-state index in [1.165, 1.54) is 0 Å². The molecule has 0 radical (unpaired) electrons. The van der Waals surface area contributed by atoms with E-state index >= 15 is 0 Å². The molecule has 2 aromatic rings. The number of hydrogen-bond donors (Lipinski definition) is 0. The molecule has 0 bridgehead atoms. The van der Waals surface area contributed by atoms with Crippen molar-refractivity contribution in [3.8, 4) is 11.5 Å². The van der Waals surface area contributed by atoms with Gasteiger partial charge >= 0.3 is 5.97 Å². The van der Waals surface area contributed by atoms with Gasteiger partial charge in [-0.3, -0.25) is 0 Å². The lowest BCUT2D eigenvalue weighted by Crippen LogP contribution is -2.05. The van der Waals surface area contributed by atoms with Crippen LogP contribution in [0.25, 0.3) is 6.08 Å². The van der Waals surface area contributed by atoms with Crippen molar-refractivity contribution in [3.63, 3.8) is 0 Å². The fraction of sp³-hybridized carbons (Fsp3) is 0.111. The Morgan fingerprint density at radius 3 is 2.75 bits per heavy atom. The number of aryl methyl sites for hydroxylation is 1. The van der Waals surface area contributed by atoms with Crippen LogP contribution in [-0.4, -0.2) is 18.7 Å². The standard InChI is InChI=1S/C18H12BrNO4/c1-10-3-2-4-11(5-10)17-20-14(18(21)24-17)6-12-7-15-16(8-13(12)19)23-9-22-15/h2-8H,9H2,1H3/b14-6+. The van der Waals surface area contributed by atoms with Gasteiger partial charge in [-0.1, -0.05) is 33.6 Å². The average Bonchev–Trinajstić information content (AvgIpc) is 3.14. The van der Waals surface area contributed by atoms with E-state index < -0.39 is 5.97 Å². The van der Waals surface area contributed by atoms with Crippen LogP contribution in [0.3, 0.4) is 0 Å². The average molecular weight is 386 g/mol. The van der Waals surface area contributed by atoms with E-state index in [-0.39, 0.29) is 12.5 Å². The number of cyclic esters (lactones) is 1. The zero-order valence-electron chi connectivity index (χ0n) is 12.7. The first-order valence-corrected chi connectivity index (χ1v) is 8.08. The number of fused-ring (bicyclic) bond motifs is 1. The van der Waals surface area contributed by atoms with Crippen molar-refractivity contribution in [2.24, 2.45) is 4.99 Å². The van der Waals surface area contributed by atoms with Crippen LogP contribution in [0.4, 0.5) is 0 Å². The minimum absolute atomic E-state index is 0.194. The summed E-state index contributed by atoms with van der Waals surface area (Å²) in [6.07, 6.45) is 1.66. The molecule has 5 nitrogen and oxygen atoms in total. The van der Waals surface area contributed by atoms with E-state index in [0.29, 0.717) is 17.4 Å². The SMILES string of the molecule is Cc1cccc(C2=N/C(=C/c3cc4c(cc3Br)OCO4)C(=O)O2)c1. The summed E-state index contributed by atoms with van der Waals surface area (Å²) in [5.74, 6) is 1.14. The number of hydrogen-bond acceptors (Lipinski definition) is 5. The number of nitrogens with zero attached hydrogens (tertiary/aromatic N) is 1. The molecule has 0 unspecified atom stereocenters. The summed E-state index contributed by atoms with van der Waals surface area (Å²) in [6.45, 7) is 2.17. The van der Waals surface area contributed by atoms with Crippen LogP contribution < -0.4 is 9.47 Å². The number of halogens is 1. The Morgan fingerprint density at radius 2 is 1.96 bits per heavy atom. The van der Waals surface area contributed by atoms with Crippen LogP contribution >= 0.6 is 15.9 Å². The largest absolute Gasteiger partial charge is 0.454 e. The van der Waals surface area contributed by atoms with Gasteiger partial charge in [-0.25, -0.2) is 9.79 Å². The molecule has 120 valence electrons. The molecule has 2 heterocycles. The van der Waals surface area contributed by atoms with Crippen molar-refractivity contribution in [2.45, 2.75) is 6.92 Å². The summed E-state index contributed by atoms with van der Waals surface area (Å²) < 4.78 is 16.8. The maximum Gasteiger partial charge on any atom is 0.363 e. The summed E-state index contributed by atoms with van der Waals surface area (Å²) >= 11 is 3.47. The number of benzene rings is 2. The van der Waals surface area contributed by atoms with Crippen LogP contribution in [-0.2, 0) is 9.53 Å². The molecule has 2 aliphatic rings. The first-order chi connectivity index (χ1) is 11.6. The van der Waals surface area contributed by atoms with Crippen LogP contribution in [0.2, 0.25) is 0 Å². The molecule has 4 rings (SSSR count). The third-order valence-electron chi connectivity index (χ3n) is 3.67. The minimum atomic E-state index is -0.476. The van der Waals surface area contributed by atoms with Crippen molar-refractivity contribution in [1.29, 1.82) is 0 Å². The monoisotopic (exact) mass is 385 g/mol. The molecule has 6 heteroatoms. The van der Waals surface area contributed by atoms with Crippen molar-refractivity contribution in [1.82, 2.24) is 0 Å². The summed E-state index contributed by atoms with van der Waals surface area (Å²) in [5.41, 5.74) is 2.85. The zero-order valence-corrected chi connectivity index (χ0v) is 14.3. The van der Waals surface area contributed by atoms with E-state index in [1.807, 2.05) is 31.2 Å². The van der Waals surface area contributed by atoms with Gasteiger partial charge in [-0.15, -0.1) is 0 Å². The first-order valence-electron chi connectivity index (χ1n) is 7.29. The molecule has 0 N–H and O–H groups in total. The fourth-order valence-electron chi connectivity index (χ4n) is 2.50. The van der Waals surface area contributed by atoms with Crippen molar-refractivity contribution >= 4 is 33.9 Å². The quantitative estimate of drug-likeness (QED) is 0.582. The highest BCUT2D eigenvalue weighted by atomic mass is 79.9. The van der Waals surface area contributed by atoms with Gasteiger partial charge in [-0.2, -0.15) is 0 Å². The van der Waals surface area contributed by atoms with Crippen molar-refractivity contribution < 1.29 is 19.0 Å². The molecule has 0 atom stereocenters. The molecular formula is C18H12BrNO4. The summed E-state index contributed by atoms with van der Waals surface area (Å²) in [4.78, 5) is 16.4. The Kier molecular flexibility index (Phi) is 3.61. The van der Waals surface area contributed by atoms with Crippen LogP contribution in [0.1, 0.15) is 16.7 Å². The summed E-state index contributed by atoms with van der Waals surface area (Å²) in [6, 6.07) is 11.3. The maximum atomic E-state index is 12.1. The lowest BCUT2D eigenvalue weighted by molar-refractivity contribution is -0.129. The molecule has 0 saturated heterocycles. The zero-order chi connectivity index (χ0) is 16.7. The number of esters is 1. The van der Waals surface area contributed by atoms with E-state index in [9.17, 15) is 4.79 Å². The van der Waals surface area contributed by atoms with E-state index in [1.54, 1.807) is 18.2 Å². The van der Waals surface area contributed by atoms with Crippen molar-refractivity contribution in [2.75, 3.05) is 6.79 Å². The molecule has 2 aliphatic heterocycles. The molecular weight excluding hydrogens is 374 g/mol. The normalized spacial score (nSPS) is 17.2. The van der Waals surface area contributed by atoms with Crippen LogP contribution in [0, 0.1) is 6.92 Å². The summed E-state index contributed by atoms with van der Waals surface area (Å²) in [7, 11) is 0. The second kappa shape index (κ2) is 5.79. The molecule has 2 aromatic carbocycles. The third-order valence-corrected chi connectivity index (χ3v) is 4.36.